The Morgan fingerprint density at radius 1 is 1.38 bits per heavy atom. The molecule has 112 valence electrons. The molecule has 0 aliphatic rings. The van der Waals surface area contributed by atoms with Crippen molar-refractivity contribution in [3.8, 4) is 0 Å². The van der Waals surface area contributed by atoms with Crippen molar-refractivity contribution in [3.63, 3.8) is 0 Å². The van der Waals surface area contributed by atoms with E-state index in [0.717, 1.165) is 23.1 Å². The number of aryl methyl sites for hydroxylation is 1. The Morgan fingerprint density at radius 3 is 2.81 bits per heavy atom. The van der Waals surface area contributed by atoms with Gasteiger partial charge in [-0.15, -0.1) is 0 Å². The molecular formula is C17H23N3O. The number of para-hydroxylation sites is 1. The van der Waals surface area contributed by atoms with Crippen LogP contribution < -0.4 is 5.32 Å². The summed E-state index contributed by atoms with van der Waals surface area (Å²) in [6.07, 6.45) is 0. The van der Waals surface area contributed by atoms with Crippen LogP contribution in [0.1, 0.15) is 25.1 Å². The molecule has 2 aromatic rings. The van der Waals surface area contributed by atoms with Crippen molar-refractivity contribution in [2.45, 2.75) is 33.4 Å². The van der Waals surface area contributed by atoms with Crippen molar-refractivity contribution in [1.82, 2.24) is 15.2 Å². The maximum Gasteiger partial charge on any atom is 0.239 e. The Morgan fingerprint density at radius 2 is 2.10 bits per heavy atom. The largest absolute Gasteiger partial charge is 0.345 e. The fourth-order valence-corrected chi connectivity index (χ4v) is 2.38. The van der Waals surface area contributed by atoms with Gasteiger partial charge in [0.05, 0.1) is 11.6 Å². The van der Waals surface area contributed by atoms with E-state index < -0.39 is 0 Å². The van der Waals surface area contributed by atoms with Gasteiger partial charge in [0.1, 0.15) is 0 Å². The highest BCUT2D eigenvalue weighted by Crippen LogP contribution is 2.18. The lowest BCUT2D eigenvalue weighted by molar-refractivity contribution is -0.131. The molecule has 1 unspecified atom stereocenters. The van der Waals surface area contributed by atoms with Gasteiger partial charge in [-0.3, -0.25) is 9.78 Å². The van der Waals surface area contributed by atoms with Crippen molar-refractivity contribution in [2.24, 2.45) is 0 Å². The zero-order valence-electron chi connectivity index (χ0n) is 13.2. The lowest BCUT2D eigenvalue weighted by Crippen LogP contribution is -2.42. The van der Waals surface area contributed by atoms with Crippen molar-refractivity contribution in [3.05, 3.63) is 41.6 Å². The Labute approximate surface area is 126 Å². The smallest absolute Gasteiger partial charge is 0.239 e. The zero-order chi connectivity index (χ0) is 15.4. The molecule has 1 aromatic carbocycles. The van der Waals surface area contributed by atoms with Crippen LogP contribution >= 0.6 is 0 Å². The maximum absolute atomic E-state index is 12.1. The minimum Gasteiger partial charge on any atom is -0.345 e. The molecule has 1 heterocycles. The first-order valence-corrected chi connectivity index (χ1v) is 7.36. The molecule has 0 aliphatic heterocycles. The molecule has 0 spiro atoms. The number of likely N-dealkylation sites (N-methyl/N-ethyl adjacent to an activating group) is 1. The third-order valence-corrected chi connectivity index (χ3v) is 3.75. The average molecular weight is 285 g/mol. The second kappa shape index (κ2) is 6.68. The van der Waals surface area contributed by atoms with E-state index in [0.29, 0.717) is 6.54 Å². The molecule has 1 atom stereocenters. The quantitative estimate of drug-likeness (QED) is 0.918. The molecule has 4 heteroatoms. The van der Waals surface area contributed by atoms with Gasteiger partial charge in [-0.1, -0.05) is 18.2 Å². The molecule has 0 bridgehead atoms. The average Bonchev–Trinajstić information content (AvgIpc) is 2.50. The van der Waals surface area contributed by atoms with Crippen LogP contribution in [0.15, 0.2) is 30.3 Å². The molecule has 4 nitrogen and oxygen atoms in total. The number of carbonyl (C=O) groups excluding carboxylic acids is 1. The van der Waals surface area contributed by atoms with Gasteiger partial charge in [0.25, 0.3) is 0 Å². The SMILES string of the molecule is CCN(C)C(=O)C(C)NCc1cc(C)nc2ccccc12. The summed E-state index contributed by atoms with van der Waals surface area (Å²) in [6.45, 7) is 7.26. The minimum atomic E-state index is -0.192. The summed E-state index contributed by atoms with van der Waals surface area (Å²) in [5.74, 6) is 0.118. The molecule has 1 aromatic heterocycles. The van der Waals surface area contributed by atoms with Gasteiger partial charge in [-0.25, -0.2) is 0 Å². The standard InChI is InChI=1S/C17H23N3O/c1-5-20(4)17(21)13(3)18-11-14-10-12(2)19-16-9-7-6-8-15(14)16/h6-10,13,18H,5,11H2,1-4H3. The van der Waals surface area contributed by atoms with Crippen LogP contribution in [0.2, 0.25) is 0 Å². The number of amides is 1. The van der Waals surface area contributed by atoms with Gasteiger partial charge in [0, 0.05) is 31.2 Å². The Bertz CT molecular complexity index is 639. The minimum absolute atomic E-state index is 0.118. The van der Waals surface area contributed by atoms with Crippen molar-refractivity contribution >= 4 is 16.8 Å². The van der Waals surface area contributed by atoms with Crippen LogP contribution in [0, 0.1) is 6.92 Å². The van der Waals surface area contributed by atoms with E-state index in [1.165, 1.54) is 5.56 Å². The third kappa shape index (κ3) is 3.58. The van der Waals surface area contributed by atoms with Gasteiger partial charge in [-0.05, 0) is 38.5 Å². The first-order valence-electron chi connectivity index (χ1n) is 7.36. The molecule has 0 fully saturated rings. The summed E-state index contributed by atoms with van der Waals surface area (Å²) in [7, 11) is 1.83. The van der Waals surface area contributed by atoms with E-state index >= 15 is 0 Å². The van der Waals surface area contributed by atoms with Crippen LogP contribution in [-0.4, -0.2) is 35.4 Å². The van der Waals surface area contributed by atoms with Crippen molar-refractivity contribution in [1.29, 1.82) is 0 Å². The van der Waals surface area contributed by atoms with Crippen LogP contribution in [0.5, 0.6) is 0 Å². The van der Waals surface area contributed by atoms with Gasteiger partial charge in [0.15, 0.2) is 0 Å². The number of fused-ring (bicyclic) bond motifs is 1. The topological polar surface area (TPSA) is 45.2 Å². The van der Waals surface area contributed by atoms with Crippen molar-refractivity contribution in [2.75, 3.05) is 13.6 Å². The van der Waals surface area contributed by atoms with Gasteiger partial charge in [0.2, 0.25) is 5.91 Å². The van der Waals surface area contributed by atoms with E-state index in [1.807, 2.05) is 46.0 Å². The van der Waals surface area contributed by atoms with Crippen LogP contribution in [0.3, 0.4) is 0 Å². The first-order chi connectivity index (χ1) is 10.0. The molecule has 21 heavy (non-hydrogen) atoms. The van der Waals surface area contributed by atoms with Gasteiger partial charge in [-0.2, -0.15) is 0 Å². The number of pyridine rings is 1. The second-order valence-electron chi connectivity index (χ2n) is 5.39. The Kier molecular flexibility index (Phi) is 4.91. The summed E-state index contributed by atoms with van der Waals surface area (Å²) in [6, 6.07) is 9.99. The zero-order valence-corrected chi connectivity index (χ0v) is 13.2. The highest BCUT2D eigenvalue weighted by atomic mass is 16.2. The molecule has 0 saturated heterocycles. The van der Waals surface area contributed by atoms with E-state index in [2.05, 4.69) is 22.4 Å². The van der Waals surface area contributed by atoms with Crippen molar-refractivity contribution < 1.29 is 4.79 Å². The molecule has 1 amide bonds. The highest BCUT2D eigenvalue weighted by Gasteiger charge is 2.16. The number of carbonyl (C=O) groups is 1. The maximum atomic E-state index is 12.1. The predicted octanol–water partition coefficient (Wildman–Crippen LogP) is 2.50. The molecule has 0 saturated carbocycles. The van der Waals surface area contributed by atoms with Crippen LogP contribution in [0.25, 0.3) is 10.9 Å². The fraction of sp³-hybridized carbons (Fsp3) is 0.412. The van der Waals surface area contributed by atoms with Gasteiger partial charge >= 0.3 is 0 Å². The van der Waals surface area contributed by atoms with E-state index in [9.17, 15) is 4.79 Å². The molecule has 1 N–H and O–H groups in total. The normalized spacial score (nSPS) is 12.4. The highest BCUT2D eigenvalue weighted by molar-refractivity contribution is 5.83. The molecule has 0 radical (unpaired) electrons. The third-order valence-electron chi connectivity index (χ3n) is 3.75. The summed E-state index contributed by atoms with van der Waals surface area (Å²) in [4.78, 5) is 18.3. The summed E-state index contributed by atoms with van der Waals surface area (Å²) >= 11 is 0. The summed E-state index contributed by atoms with van der Waals surface area (Å²) in [5.41, 5.74) is 3.17. The van der Waals surface area contributed by atoms with E-state index in [1.54, 1.807) is 4.90 Å². The Balaban J connectivity index is 2.15. The van der Waals surface area contributed by atoms with E-state index in [4.69, 9.17) is 0 Å². The predicted molar refractivity (Wildman–Crippen MR) is 86.1 cm³/mol. The first kappa shape index (κ1) is 15.4. The molecule has 2 rings (SSSR count). The fourth-order valence-electron chi connectivity index (χ4n) is 2.38. The van der Waals surface area contributed by atoms with Gasteiger partial charge < -0.3 is 10.2 Å². The Hall–Kier alpha value is -1.94. The number of aromatic nitrogens is 1. The number of benzene rings is 1. The monoisotopic (exact) mass is 285 g/mol. The number of nitrogens with zero attached hydrogens (tertiary/aromatic N) is 2. The lowest BCUT2D eigenvalue weighted by Gasteiger charge is -2.21. The van der Waals surface area contributed by atoms with Crippen LogP contribution in [-0.2, 0) is 11.3 Å². The molecule has 0 aliphatic carbocycles. The number of rotatable bonds is 5. The number of hydrogen-bond acceptors (Lipinski definition) is 3. The summed E-state index contributed by atoms with van der Waals surface area (Å²) in [5, 5.41) is 4.45. The number of nitrogens with one attached hydrogen (secondary N) is 1. The van der Waals surface area contributed by atoms with Crippen LogP contribution in [0.4, 0.5) is 0 Å². The van der Waals surface area contributed by atoms with E-state index in [-0.39, 0.29) is 11.9 Å². The molecular weight excluding hydrogens is 262 g/mol. The summed E-state index contributed by atoms with van der Waals surface area (Å²) < 4.78 is 0. The number of hydrogen-bond donors (Lipinski definition) is 1. The lowest BCUT2D eigenvalue weighted by atomic mass is 10.1. The second-order valence-corrected chi connectivity index (χ2v) is 5.39.